The van der Waals surface area contributed by atoms with Gasteiger partial charge in [0, 0.05) is 48.4 Å². The van der Waals surface area contributed by atoms with Crippen molar-refractivity contribution in [2.75, 3.05) is 7.11 Å². The number of methoxy groups -OCH3 is 1. The molecule has 24 heavy (non-hydrogen) atoms. The molecule has 0 saturated carbocycles. The van der Waals surface area contributed by atoms with Gasteiger partial charge in [0.25, 0.3) is 0 Å². The van der Waals surface area contributed by atoms with E-state index in [1.54, 1.807) is 23.3 Å². The monoisotopic (exact) mass is 324 g/mol. The van der Waals surface area contributed by atoms with Crippen LogP contribution in [0.2, 0.25) is 0 Å². The minimum atomic E-state index is 0.274. The van der Waals surface area contributed by atoms with Crippen LogP contribution < -0.4 is 9.47 Å². The van der Waals surface area contributed by atoms with Crippen LogP contribution >= 0.6 is 0 Å². The van der Waals surface area contributed by atoms with Gasteiger partial charge in [-0.3, -0.25) is 14.5 Å². The smallest absolute Gasteiger partial charge is 0.213 e. The zero-order valence-corrected chi connectivity index (χ0v) is 13.3. The highest BCUT2D eigenvalue weighted by atomic mass is 16.5. The summed E-state index contributed by atoms with van der Waals surface area (Å²) in [5.74, 6) is 0.766. The van der Waals surface area contributed by atoms with E-state index < -0.39 is 0 Å². The first-order valence-corrected chi connectivity index (χ1v) is 7.24. The number of aryl methyl sites for hydroxylation is 1. The van der Waals surface area contributed by atoms with E-state index in [0.29, 0.717) is 23.5 Å². The Morgan fingerprint density at radius 1 is 1.17 bits per heavy atom. The van der Waals surface area contributed by atoms with Crippen LogP contribution in [0.15, 0.2) is 43.1 Å². The highest BCUT2D eigenvalue weighted by Crippen LogP contribution is 2.22. The molecule has 3 heterocycles. The first kappa shape index (κ1) is 15.7. The number of ether oxygens (including phenoxy) is 2. The molecular weight excluding hydrogens is 308 g/mol. The molecule has 0 aliphatic heterocycles. The first-order valence-electron chi connectivity index (χ1n) is 7.24. The highest BCUT2D eigenvalue weighted by Gasteiger charge is 2.08. The Kier molecular flexibility index (Phi) is 4.51. The Hall–Kier alpha value is -3.22. The number of aromatic nitrogens is 4. The second-order valence-electron chi connectivity index (χ2n) is 5.16. The fourth-order valence-corrected chi connectivity index (χ4v) is 2.22. The van der Waals surface area contributed by atoms with Crippen molar-refractivity contribution in [3.8, 4) is 22.8 Å². The molecule has 0 saturated heterocycles. The molecule has 0 radical (unpaired) electrons. The lowest BCUT2D eigenvalue weighted by atomic mass is 10.1. The molecule has 0 bridgehead atoms. The van der Waals surface area contributed by atoms with Crippen molar-refractivity contribution in [3.63, 3.8) is 0 Å². The van der Waals surface area contributed by atoms with Crippen molar-refractivity contribution in [2.24, 2.45) is 7.05 Å². The lowest BCUT2D eigenvalue weighted by Gasteiger charge is -2.09. The molecule has 0 aromatic carbocycles. The Labute approximate surface area is 138 Å². The van der Waals surface area contributed by atoms with Crippen LogP contribution in [0.4, 0.5) is 0 Å². The van der Waals surface area contributed by atoms with E-state index >= 15 is 0 Å². The highest BCUT2D eigenvalue weighted by molar-refractivity contribution is 5.79. The van der Waals surface area contributed by atoms with Crippen LogP contribution in [0.25, 0.3) is 11.1 Å². The second kappa shape index (κ2) is 6.91. The summed E-state index contributed by atoms with van der Waals surface area (Å²) in [7, 11) is 3.36. The van der Waals surface area contributed by atoms with Crippen molar-refractivity contribution in [1.29, 1.82) is 0 Å². The van der Waals surface area contributed by atoms with Crippen LogP contribution in [0.5, 0.6) is 11.6 Å². The molecule has 0 fully saturated rings. The third-order valence-corrected chi connectivity index (χ3v) is 3.44. The molecular formula is C17H16N4O3. The summed E-state index contributed by atoms with van der Waals surface area (Å²) in [6.45, 7) is 0.274. The average molecular weight is 324 g/mol. The largest absolute Gasteiger partial charge is 0.486 e. The second-order valence-corrected chi connectivity index (χ2v) is 5.16. The van der Waals surface area contributed by atoms with Crippen molar-refractivity contribution in [1.82, 2.24) is 19.7 Å². The van der Waals surface area contributed by atoms with Gasteiger partial charge in [0.1, 0.15) is 12.4 Å². The predicted octanol–water partition coefficient (Wildman–Crippen LogP) is 2.28. The minimum absolute atomic E-state index is 0.274. The maximum Gasteiger partial charge on any atom is 0.213 e. The number of carbonyl (C=O) groups excluding carboxylic acids is 1. The van der Waals surface area contributed by atoms with Gasteiger partial charge in [-0.15, -0.1) is 0 Å². The van der Waals surface area contributed by atoms with Gasteiger partial charge in [0.05, 0.1) is 25.1 Å². The van der Waals surface area contributed by atoms with E-state index in [1.807, 2.05) is 19.3 Å². The number of hydrogen-bond acceptors (Lipinski definition) is 6. The van der Waals surface area contributed by atoms with Crippen LogP contribution in [0, 0.1) is 0 Å². The molecule has 3 aromatic heterocycles. The first-order chi connectivity index (χ1) is 11.7. The summed E-state index contributed by atoms with van der Waals surface area (Å²) < 4.78 is 12.4. The van der Waals surface area contributed by atoms with Gasteiger partial charge in [0.15, 0.2) is 6.29 Å². The molecule has 0 spiro atoms. The lowest BCUT2D eigenvalue weighted by Crippen LogP contribution is -2.00. The molecule has 3 rings (SSSR count). The molecule has 0 unspecified atom stereocenters. The average Bonchev–Trinajstić information content (AvgIpc) is 3.06. The quantitative estimate of drug-likeness (QED) is 0.647. The summed E-state index contributed by atoms with van der Waals surface area (Å²) in [5, 5.41) is 4.15. The summed E-state index contributed by atoms with van der Waals surface area (Å²) >= 11 is 0. The Balaban J connectivity index is 1.76. The third-order valence-electron chi connectivity index (χ3n) is 3.44. The molecule has 7 nitrogen and oxygen atoms in total. The standard InChI is InChI=1S/C17H16N4O3/c1-21-9-15(7-20-21)13-3-12(5-18-6-13)11-24-16-8-19-17(23-2)4-14(16)10-22/h3-10H,11H2,1-2H3. The molecule has 0 atom stereocenters. The van der Waals surface area contributed by atoms with E-state index in [0.717, 1.165) is 16.7 Å². The van der Waals surface area contributed by atoms with Gasteiger partial charge in [-0.1, -0.05) is 0 Å². The van der Waals surface area contributed by atoms with Crippen LogP contribution in [-0.2, 0) is 13.7 Å². The number of hydrogen-bond donors (Lipinski definition) is 0. The maximum absolute atomic E-state index is 11.2. The summed E-state index contributed by atoms with van der Waals surface area (Å²) in [5.41, 5.74) is 3.20. The van der Waals surface area contributed by atoms with Crippen LogP contribution in [0.1, 0.15) is 15.9 Å². The van der Waals surface area contributed by atoms with E-state index in [1.165, 1.54) is 19.4 Å². The van der Waals surface area contributed by atoms with Crippen LogP contribution in [0.3, 0.4) is 0 Å². The molecule has 122 valence electrons. The van der Waals surface area contributed by atoms with Gasteiger partial charge in [-0.25, -0.2) is 4.98 Å². The normalized spacial score (nSPS) is 10.4. The number of carbonyl (C=O) groups is 1. The van der Waals surface area contributed by atoms with Gasteiger partial charge in [0.2, 0.25) is 5.88 Å². The summed E-state index contributed by atoms with van der Waals surface area (Å²) in [6.07, 6.45) is 9.37. The molecule has 0 aliphatic carbocycles. The topological polar surface area (TPSA) is 79.1 Å². The summed E-state index contributed by atoms with van der Waals surface area (Å²) in [4.78, 5) is 19.4. The van der Waals surface area contributed by atoms with Crippen LogP contribution in [-0.4, -0.2) is 33.1 Å². The number of aldehydes is 1. The molecule has 3 aromatic rings. The van der Waals surface area contributed by atoms with E-state index in [2.05, 4.69) is 15.1 Å². The zero-order chi connectivity index (χ0) is 16.9. The van der Waals surface area contributed by atoms with Crippen molar-refractivity contribution < 1.29 is 14.3 Å². The molecule has 0 aliphatic rings. The van der Waals surface area contributed by atoms with E-state index in [4.69, 9.17) is 9.47 Å². The SMILES string of the molecule is COc1cc(C=O)c(OCc2cncc(-c3cnn(C)c3)c2)cn1. The Morgan fingerprint density at radius 2 is 2.04 bits per heavy atom. The fraction of sp³-hybridized carbons (Fsp3) is 0.176. The minimum Gasteiger partial charge on any atom is -0.486 e. The Morgan fingerprint density at radius 3 is 2.75 bits per heavy atom. The van der Waals surface area contributed by atoms with Gasteiger partial charge in [-0.2, -0.15) is 5.10 Å². The van der Waals surface area contributed by atoms with Crippen molar-refractivity contribution >= 4 is 6.29 Å². The number of pyridine rings is 2. The summed E-state index contributed by atoms with van der Waals surface area (Å²) in [6, 6.07) is 3.51. The van der Waals surface area contributed by atoms with Gasteiger partial charge < -0.3 is 9.47 Å². The Bertz CT molecular complexity index is 861. The van der Waals surface area contributed by atoms with Crippen molar-refractivity contribution in [3.05, 3.63) is 54.2 Å². The lowest BCUT2D eigenvalue weighted by molar-refractivity contribution is 0.111. The van der Waals surface area contributed by atoms with Gasteiger partial charge in [-0.05, 0) is 6.07 Å². The zero-order valence-electron chi connectivity index (χ0n) is 13.3. The van der Waals surface area contributed by atoms with Gasteiger partial charge >= 0.3 is 0 Å². The number of nitrogens with zero attached hydrogens (tertiary/aromatic N) is 4. The molecule has 0 N–H and O–H groups in total. The molecule has 0 amide bonds. The molecule has 7 heteroatoms. The predicted molar refractivity (Wildman–Crippen MR) is 86.9 cm³/mol. The van der Waals surface area contributed by atoms with E-state index in [-0.39, 0.29) is 6.61 Å². The fourth-order valence-electron chi connectivity index (χ4n) is 2.22. The maximum atomic E-state index is 11.2. The third kappa shape index (κ3) is 3.40. The van der Waals surface area contributed by atoms with Crippen molar-refractivity contribution in [2.45, 2.75) is 6.61 Å². The van der Waals surface area contributed by atoms with E-state index in [9.17, 15) is 4.79 Å². The number of rotatable bonds is 6.